The number of hydrogen-bond donors (Lipinski definition) is 1. The Hall–Kier alpha value is -4.95. The Bertz CT molecular complexity index is 1960. The predicted molar refractivity (Wildman–Crippen MR) is 167 cm³/mol. The first-order valence-electron chi connectivity index (χ1n) is 14.1. The summed E-state index contributed by atoms with van der Waals surface area (Å²) in [5.41, 5.74) is 4.85. The fourth-order valence-electron chi connectivity index (χ4n) is 5.90. The third kappa shape index (κ3) is 4.73. The normalized spacial score (nSPS) is 19.1. The van der Waals surface area contributed by atoms with E-state index in [9.17, 15) is 14.7 Å². The smallest absolute Gasteiger partial charge is 0.301 e. The van der Waals surface area contributed by atoms with Gasteiger partial charge in [-0.1, -0.05) is 47.7 Å². The molecule has 2 aliphatic rings. The SMILES string of the molecule is Cc1cc(C)c2nc(N3C(=O)C(=O)/C(=C(\O)c4ccc5c(c4)CC(C)O5)C3c3cccc(Oc4ccccc4)c3)sc2c1. The number of carbonyl (C=O) groups excluding carboxylic acids is 2. The number of benzene rings is 4. The summed E-state index contributed by atoms with van der Waals surface area (Å²) in [4.78, 5) is 33.9. The zero-order valence-corrected chi connectivity index (χ0v) is 24.6. The van der Waals surface area contributed by atoms with Crippen LogP contribution in [-0.4, -0.2) is 27.9 Å². The predicted octanol–water partition coefficient (Wildman–Crippen LogP) is 7.66. The van der Waals surface area contributed by atoms with E-state index < -0.39 is 17.7 Å². The minimum atomic E-state index is -0.926. The van der Waals surface area contributed by atoms with Gasteiger partial charge in [-0.05, 0) is 91.6 Å². The molecule has 1 aromatic heterocycles. The fourth-order valence-corrected chi connectivity index (χ4v) is 7.07. The van der Waals surface area contributed by atoms with Crippen LogP contribution < -0.4 is 14.4 Å². The molecule has 8 heteroatoms. The number of amides is 1. The molecule has 1 fully saturated rings. The maximum Gasteiger partial charge on any atom is 0.301 e. The lowest BCUT2D eigenvalue weighted by Crippen LogP contribution is -2.29. The molecule has 0 aliphatic carbocycles. The number of aryl methyl sites for hydroxylation is 2. The van der Waals surface area contributed by atoms with E-state index in [1.165, 1.54) is 16.2 Å². The minimum Gasteiger partial charge on any atom is -0.507 e. The molecule has 1 saturated heterocycles. The number of Topliss-reactive ketones (excluding diaryl/α,β-unsaturated/α-hetero) is 1. The maximum absolute atomic E-state index is 13.8. The van der Waals surface area contributed by atoms with Crippen LogP contribution in [0.5, 0.6) is 17.2 Å². The number of ketones is 1. The van der Waals surface area contributed by atoms with Crippen LogP contribution in [0, 0.1) is 13.8 Å². The Morgan fingerprint density at radius 3 is 2.58 bits per heavy atom. The Kier molecular flexibility index (Phi) is 6.51. The minimum absolute atomic E-state index is 0.000864. The number of anilines is 1. The van der Waals surface area contributed by atoms with Gasteiger partial charge in [-0.3, -0.25) is 14.5 Å². The molecule has 1 N–H and O–H groups in total. The van der Waals surface area contributed by atoms with Gasteiger partial charge in [0.05, 0.1) is 21.8 Å². The summed E-state index contributed by atoms with van der Waals surface area (Å²) in [6, 6.07) is 25.1. The second-order valence-corrected chi connectivity index (χ2v) is 12.0. The van der Waals surface area contributed by atoms with Crippen molar-refractivity contribution >= 4 is 44.1 Å². The molecule has 2 unspecified atom stereocenters. The fraction of sp³-hybridized carbons (Fsp3) is 0.171. The zero-order valence-electron chi connectivity index (χ0n) is 23.8. The zero-order chi connectivity index (χ0) is 29.8. The van der Waals surface area contributed by atoms with Crippen molar-refractivity contribution in [2.24, 2.45) is 0 Å². The van der Waals surface area contributed by atoms with E-state index in [0.29, 0.717) is 34.2 Å². The first-order valence-corrected chi connectivity index (χ1v) is 14.9. The van der Waals surface area contributed by atoms with Gasteiger partial charge in [0.15, 0.2) is 5.13 Å². The summed E-state index contributed by atoms with van der Waals surface area (Å²) in [7, 11) is 0. The van der Waals surface area contributed by atoms with E-state index in [0.717, 1.165) is 32.7 Å². The van der Waals surface area contributed by atoms with Crippen molar-refractivity contribution in [3.05, 3.63) is 118 Å². The number of aromatic nitrogens is 1. The molecule has 0 saturated carbocycles. The van der Waals surface area contributed by atoms with Crippen LogP contribution in [0.25, 0.3) is 16.0 Å². The lowest BCUT2D eigenvalue weighted by molar-refractivity contribution is -0.132. The van der Waals surface area contributed by atoms with Crippen LogP contribution in [0.3, 0.4) is 0 Å². The Morgan fingerprint density at radius 1 is 0.977 bits per heavy atom. The van der Waals surface area contributed by atoms with Crippen molar-refractivity contribution in [1.82, 2.24) is 4.98 Å². The molecule has 2 atom stereocenters. The molecule has 5 aromatic rings. The number of fused-ring (bicyclic) bond motifs is 2. The van der Waals surface area contributed by atoms with E-state index >= 15 is 0 Å². The molecule has 0 bridgehead atoms. The quantitative estimate of drug-likeness (QED) is 0.129. The standard InChI is InChI=1S/C35H28N2O5S/c1-19-14-20(2)30-28(15-19)43-35(36-30)37-31(22-8-7-11-26(18-22)42-25-9-5-4-6-10-25)29(33(39)34(37)40)32(38)23-12-13-27-24(17-23)16-21(3)41-27/h4-15,17-18,21,31,38H,16H2,1-3H3/b32-29-. The van der Waals surface area contributed by atoms with Crippen LogP contribution in [0.4, 0.5) is 5.13 Å². The average molecular weight is 589 g/mol. The van der Waals surface area contributed by atoms with Crippen LogP contribution in [0.2, 0.25) is 0 Å². The van der Waals surface area contributed by atoms with Gasteiger partial charge in [-0.15, -0.1) is 0 Å². The number of aliphatic hydroxyl groups is 1. The second-order valence-electron chi connectivity index (χ2n) is 11.0. The Labute approximate surface area is 252 Å². The summed E-state index contributed by atoms with van der Waals surface area (Å²) in [6.07, 6.45) is 0.717. The Morgan fingerprint density at radius 2 is 1.77 bits per heavy atom. The van der Waals surface area contributed by atoms with E-state index in [2.05, 4.69) is 0 Å². The van der Waals surface area contributed by atoms with Crippen molar-refractivity contribution in [3.63, 3.8) is 0 Å². The van der Waals surface area contributed by atoms with Crippen molar-refractivity contribution in [2.45, 2.75) is 39.3 Å². The largest absolute Gasteiger partial charge is 0.507 e. The van der Waals surface area contributed by atoms with Gasteiger partial charge < -0.3 is 14.6 Å². The van der Waals surface area contributed by atoms with Crippen molar-refractivity contribution in [3.8, 4) is 17.2 Å². The first kappa shape index (κ1) is 26.9. The van der Waals surface area contributed by atoms with Gasteiger partial charge in [0.2, 0.25) is 0 Å². The van der Waals surface area contributed by atoms with E-state index in [1.54, 1.807) is 18.2 Å². The molecule has 4 aromatic carbocycles. The highest BCUT2D eigenvalue weighted by molar-refractivity contribution is 7.22. The van der Waals surface area contributed by atoms with Crippen molar-refractivity contribution in [2.75, 3.05) is 4.90 Å². The van der Waals surface area contributed by atoms with Crippen LogP contribution in [0.15, 0.2) is 90.5 Å². The Balaban J connectivity index is 1.39. The number of nitrogens with zero attached hydrogens (tertiary/aromatic N) is 2. The molecular formula is C35H28N2O5S. The van der Waals surface area contributed by atoms with E-state index in [4.69, 9.17) is 14.5 Å². The van der Waals surface area contributed by atoms with Gasteiger partial charge in [0.25, 0.3) is 5.78 Å². The molecule has 1 amide bonds. The van der Waals surface area contributed by atoms with Gasteiger partial charge in [-0.2, -0.15) is 0 Å². The average Bonchev–Trinajstić information content (AvgIpc) is 3.66. The maximum atomic E-state index is 13.8. The van der Waals surface area contributed by atoms with E-state index in [1.807, 2.05) is 87.5 Å². The van der Waals surface area contributed by atoms with Gasteiger partial charge in [0, 0.05) is 12.0 Å². The monoisotopic (exact) mass is 588 g/mol. The van der Waals surface area contributed by atoms with Crippen LogP contribution in [-0.2, 0) is 16.0 Å². The molecule has 214 valence electrons. The topological polar surface area (TPSA) is 89.0 Å². The summed E-state index contributed by atoms with van der Waals surface area (Å²) >= 11 is 1.35. The lowest BCUT2D eigenvalue weighted by Gasteiger charge is -2.23. The molecule has 43 heavy (non-hydrogen) atoms. The molecule has 0 radical (unpaired) electrons. The van der Waals surface area contributed by atoms with Crippen molar-refractivity contribution < 1.29 is 24.2 Å². The summed E-state index contributed by atoms with van der Waals surface area (Å²) in [5.74, 6) is 0.193. The third-order valence-electron chi connectivity index (χ3n) is 7.79. The third-order valence-corrected chi connectivity index (χ3v) is 8.79. The summed E-state index contributed by atoms with van der Waals surface area (Å²) < 4.78 is 12.8. The van der Waals surface area contributed by atoms with Crippen molar-refractivity contribution in [1.29, 1.82) is 0 Å². The highest BCUT2D eigenvalue weighted by Gasteiger charge is 2.48. The molecule has 2 aliphatic heterocycles. The van der Waals surface area contributed by atoms with E-state index in [-0.39, 0.29) is 17.4 Å². The molecular weight excluding hydrogens is 560 g/mol. The summed E-state index contributed by atoms with van der Waals surface area (Å²) in [5, 5.41) is 12.1. The highest BCUT2D eigenvalue weighted by atomic mass is 32.1. The number of para-hydroxylation sites is 1. The molecule has 3 heterocycles. The number of thiazole rings is 1. The lowest BCUT2D eigenvalue weighted by atomic mass is 9.94. The van der Waals surface area contributed by atoms with Crippen LogP contribution in [0.1, 0.15) is 40.8 Å². The van der Waals surface area contributed by atoms with Crippen LogP contribution >= 0.6 is 11.3 Å². The number of ether oxygens (including phenoxy) is 2. The second kappa shape index (κ2) is 10.4. The van der Waals surface area contributed by atoms with Gasteiger partial charge in [0.1, 0.15) is 29.1 Å². The van der Waals surface area contributed by atoms with Gasteiger partial charge >= 0.3 is 5.91 Å². The number of aliphatic hydroxyl groups excluding tert-OH is 1. The van der Waals surface area contributed by atoms with Gasteiger partial charge in [-0.25, -0.2) is 4.98 Å². The number of rotatable bonds is 5. The molecule has 7 nitrogen and oxygen atoms in total. The molecule has 0 spiro atoms. The highest BCUT2D eigenvalue weighted by Crippen LogP contribution is 2.46. The molecule has 7 rings (SSSR count). The number of carbonyl (C=O) groups is 2. The summed E-state index contributed by atoms with van der Waals surface area (Å²) in [6.45, 7) is 5.97. The first-order chi connectivity index (χ1) is 20.8. The number of hydrogen-bond acceptors (Lipinski definition) is 7.